The third-order valence-electron chi connectivity index (χ3n) is 4.06. The maximum Gasteiger partial charge on any atom is 0.122 e. The Morgan fingerprint density at radius 3 is 2.94 bits per heavy atom. The van der Waals surface area contributed by atoms with Gasteiger partial charge < -0.3 is 9.88 Å². The van der Waals surface area contributed by atoms with Gasteiger partial charge in [0.15, 0.2) is 0 Å². The molecule has 0 aliphatic carbocycles. The van der Waals surface area contributed by atoms with Crippen LogP contribution in [-0.2, 0) is 13.1 Å². The molecule has 0 spiro atoms. The Morgan fingerprint density at radius 2 is 2.24 bits per heavy atom. The molecule has 0 saturated carbocycles. The number of fused-ring (bicyclic) bond motifs is 1. The lowest BCUT2D eigenvalue weighted by molar-refractivity contribution is 0.120. The molecule has 1 unspecified atom stereocenters. The van der Waals surface area contributed by atoms with Crippen molar-refractivity contribution < 1.29 is 0 Å². The van der Waals surface area contributed by atoms with Crippen molar-refractivity contribution in [1.29, 1.82) is 0 Å². The molecule has 2 heterocycles. The van der Waals surface area contributed by atoms with E-state index < -0.39 is 0 Å². The average Bonchev–Trinajstić information content (AvgIpc) is 2.74. The highest BCUT2D eigenvalue weighted by Gasteiger charge is 2.29. The second kappa shape index (κ2) is 4.78. The predicted molar refractivity (Wildman–Crippen MR) is 69.8 cm³/mol. The fourth-order valence-electron chi connectivity index (χ4n) is 2.46. The smallest absolute Gasteiger partial charge is 0.122 e. The first-order chi connectivity index (χ1) is 8.03. The van der Waals surface area contributed by atoms with Gasteiger partial charge in [-0.15, -0.1) is 0 Å². The molecule has 4 nitrogen and oxygen atoms in total. The summed E-state index contributed by atoms with van der Waals surface area (Å²) in [5.41, 5.74) is 0.281. The minimum atomic E-state index is 0.281. The predicted octanol–water partition coefficient (Wildman–Crippen LogP) is 1.33. The Hall–Kier alpha value is -0.870. The van der Waals surface area contributed by atoms with Crippen LogP contribution in [0.1, 0.15) is 26.6 Å². The number of aromatic nitrogens is 2. The van der Waals surface area contributed by atoms with Crippen LogP contribution in [0.5, 0.6) is 0 Å². The van der Waals surface area contributed by atoms with E-state index in [-0.39, 0.29) is 5.41 Å². The Morgan fingerprint density at radius 1 is 1.47 bits per heavy atom. The van der Waals surface area contributed by atoms with Crippen molar-refractivity contribution in [1.82, 2.24) is 19.8 Å². The molecule has 1 N–H and O–H groups in total. The summed E-state index contributed by atoms with van der Waals surface area (Å²) in [7, 11) is 2.04. The van der Waals surface area contributed by atoms with E-state index in [1.165, 1.54) is 5.82 Å². The van der Waals surface area contributed by atoms with E-state index in [2.05, 4.69) is 46.7 Å². The lowest BCUT2D eigenvalue weighted by Crippen LogP contribution is -2.47. The van der Waals surface area contributed by atoms with Crippen molar-refractivity contribution in [3.05, 3.63) is 18.2 Å². The standard InChI is InChI=1S/C13H24N4/c1-11(14-4)13(2,3)10-16-7-8-17-6-5-15-12(17)9-16/h5-6,11,14H,7-10H2,1-4H3. The van der Waals surface area contributed by atoms with Crippen LogP contribution >= 0.6 is 0 Å². The molecule has 1 aliphatic heterocycles. The zero-order valence-electron chi connectivity index (χ0n) is 11.4. The summed E-state index contributed by atoms with van der Waals surface area (Å²) < 4.78 is 2.25. The van der Waals surface area contributed by atoms with Gasteiger partial charge in [-0.1, -0.05) is 13.8 Å². The van der Waals surface area contributed by atoms with Gasteiger partial charge in [-0.2, -0.15) is 0 Å². The molecule has 0 radical (unpaired) electrons. The van der Waals surface area contributed by atoms with Crippen molar-refractivity contribution in [2.24, 2.45) is 5.41 Å². The van der Waals surface area contributed by atoms with E-state index in [4.69, 9.17) is 0 Å². The number of rotatable bonds is 4. The fraction of sp³-hybridized carbons (Fsp3) is 0.769. The Bertz CT molecular complexity index is 369. The van der Waals surface area contributed by atoms with Gasteiger partial charge in [0.05, 0.1) is 6.54 Å². The molecule has 1 aliphatic rings. The van der Waals surface area contributed by atoms with Crippen LogP contribution in [0.3, 0.4) is 0 Å². The van der Waals surface area contributed by atoms with Gasteiger partial charge in [0, 0.05) is 38.1 Å². The zero-order chi connectivity index (χ0) is 12.5. The van der Waals surface area contributed by atoms with E-state index in [0.717, 1.165) is 26.2 Å². The van der Waals surface area contributed by atoms with Crippen LogP contribution in [0.25, 0.3) is 0 Å². The van der Waals surface area contributed by atoms with Crippen molar-refractivity contribution in [2.75, 3.05) is 20.1 Å². The van der Waals surface area contributed by atoms with Gasteiger partial charge in [-0.3, -0.25) is 4.90 Å². The Kier molecular flexibility index (Phi) is 3.54. The SMILES string of the molecule is CNC(C)C(C)(C)CN1CCn2ccnc2C1. The Labute approximate surface area is 104 Å². The first-order valence-electron chi connectivity index (χ1n) is 6.42. The van der Waals surface area contributed by atoms with Gasteiger partial charge in [0.2, 0.25) is 0 Å². The molecule has 0 aromatic carbocycles. The third kappa shape index (κ3) is 2.69. The van der Waals surface area contributed by atoms with Crippen LogP contribution in [0.2, 0.25) is 0 Å². The molecule has 0 amide bonds. The average molecular weight is 236 g/mol. The minimum absolute atomic E-state index is 0.281. The first-order valence-corrected chi connectivity index (χ1v) is 6.42. The van der Waals surface area contributed by atoms with Gasteiger partial charge in [-0.05, 0) is 19.4 Å². The molecule has 4 heteroatoms. The molecule has 96 valence electrons. The normalized spacial score (nSPS) is 19.1. The lowest BCUT2D eigenvalue weighted by atomic mass is 9.84. The molecule has 0 fully saturated rings. The van der Waals surface area contributed by atoms with Crippen LogP contribution in [0.15, 0.2) is 12.4 Å². The number of hydrogen-bond acceptors (Lipinski definition) is 3. The summed E-state index contributed by atoms with van der Waals surface area (Å²) in [5, 5.41) is 3.36. The minimum Gasteiger partial charge on any atom is -0.333 e. The van der Waals surface area contributed by atoms with E-state index in [1.54, 1.807) is 0 Å². The second-order valence-corrected chi connectivity index (χ2v) is 5.75. The number of nitrogens with one attached hydrogen (secondary N) is 1. The molecule has 1 atom stereocenters. The molecule has 0 bridgehead atoms. The molecular formula is C13H24N4. The molecule has 1 aromatic heterocycles. The maximum atomic E-state index is 4.41. The lowest BCUT2D eigenvalue weighted by Gasteiger charge is -2.38. The number of imidazole rings is 1. The first kappa shape index (κ1) is 12.6. The van der Waals surface area contributed by atoms with Gasteiger partial charge in [0.1, 0.15) is 5.82 Å². The fourth-order valence-corrected chi connectivity index (χ4v) is 2.46. The van der Waals surface area contributed by atoms with Gasteiger partial charge in [-0.25, -0.2) is 4.98 Å². The molecule has 1 aromatic rings. The number of nitrogens with zero attached hydrogens (tertiary/aromatic N) is 3. The monoisotopic (exact) mass is 236 g/mol. The second-order valence-electron chi connectivity index (χ2n) is 5.75. The Balaban J connectivity index is 1.98. The van der Waals surface area contributed by atoms with E-state index >= 15 is 0 Å². The summed E-state index contributed by atoms with van der Waals surface area (Å²) in [5.74, 6) is 1.20. The van der Waals surface area contributed by atoms with Crippen molar-refractivity contribution >= 4 is 0 Å². The highest BCUT2D eigenvalue weighted by molar-refractivity contribution is 4.96. The molecular weight excluding hydrogens is 212 g/mol. The van der Waals surface area contributed by atoms with Crippen LogP contribution in [0, 0.1) is 5.41 Å². The summed E-state index contributed by atoms with van der Waals surface area (Å²) in [6, 6.07) is 0.518. The van der Waals surface area contributed by atoms with Crippen LogP contribution in [0.4, 0.5) is 0 Å². The topological polar surface area (TPSA) is 33.1 Å². The summed E-state index contributed by atoms with van der Waals surface area (Å²) in [6.45, 7) is 11.2. The van der Waals surface area contributed by atoms with Crippen molar-refractivity contribution in [3.8, 4) is 0 Å². The van der Waals surface area contributed by atoms with E-state index in [0.29, 0.717) is 6.04 Å². The maximum absolute atomic E-state index is 4.41. The molecule has 2 rings (SSSR count). The highest BCUT2D eigenvalue weighted by Crippen LogP contribution is 2.24. The van der Waals surface area contributed by atoms with Crippen LogP contribution in [-0.4, -0.2) is 40.6 Å². The van der Waals surface area contributed by atoms with Gasteiger partial charge >= 0.3 is 0 Å². The van der Waals surface area contributed by atoms with E-state index in [9.17, 15) is 0 Å². The zero-order valence-corrected chi connectivity index (χ0v) is 11.4. The van der Waals surface area contributed by atoms with Crippen molar-refractivity contribution in [3.63, 3.8) is 0 Å². The van der Waals surface area contributed by atoms with Gasteiger partial charge in [0.25, 0.3) is 0 Å². The largest absolute Gasteiger partial charge is 0.333 e. The molecule has 17 heavy (non-hydrogen) atoms. The summed E-state index contributed by atoms with van der Waals surface area (Å²) >= 11 is 0. The third-order valence-corrected chi connectivity index (χ3v) is 4.06. The highest BCUT2D eigenvalue weighted by atomic mass is 15.2. The summed E-state index contributed by atoms with van der Waals surface area (Å²) in [4.78, 5) is 6.92. The quantitative estimate of drug-likeness (QED) is 0.856. The van der Waals surface area contributed by atoms with Crippen LogP contribution < -0.4 is 5.32 Å². The molecule has 0 saturated heterocycles. The number of hydrogen-bond donors (Lipinski definition) is 1. The van der Waals surface area contributed by atoms with E-state index in [1.807, 2.05) is 13.2 Å². The van der Waals surface area contributed by atoms with Crippen molar-refractivity contribution in [2.45, 2.75) is 39.9 Å². The summed E-state index contributed by atoms with van der Waals surface area (Å²) in [6.07, 6.45) is 3.98.